The van der Waals surface area contributed by atoms with Gasteiger partial charge in [-0.15, -0.1) is 0 Å². The van der Waals surface area contributed by atoms with E-state index in [0.717, 1.165) is 5.56 Å². The van der Waals surface area contributed by atoms with Crippen molar-refractivity contribution in [3.05, 3.63) is 27.9 Å². The molecule has 0 aliphatic carbocycles. The molecular formula is C13H12BrNO5. The third kappa shape index (κ3) is 2.36. The van der Waals surface area contributed by atoms with Crippen LogP contribution in [-0.4, -0.2) is 30.5 Å². The normalized spacial score (nSPS) is 10.4. The Bertz CT molecular complexity index is 665. The monoisotopic (exact) mass is 341 g/mol. The third-order valence-corrected chi connectivity index (χ3v) is 3.43. The minimum absolute atomic E-state index is 0.217. The van der Waals surface area contributed by atoms with Gasteiger partial charge in [0.2, 0.25) is 5.76 Å². The summed E-state index contributed by atoms with van der Waals surface area (Å²) in [6.07, 6.45) is 0. The van der Waals surface area contributed by atoms with Crippen LogP contribution in [0.3, 0.4) is 0 Å². The van der Waals surface area contributed by atoms with E-state index >= 15 is 0 Å². The number of carbonyl (C=O) groups is 1. The maximum absolute atomic E-state index is 10.8. The number of benzene rings is 1. The van der Waals surface area contributed by atoms with E-state index in [9.17, 15) is 4.79 Å². The first-order valence-corrected chi connectivity index (χ1v) is 6.40. The predicted octanol–water partition coefficient (Wildman–Crippen LogP) is 3.13. The summed E-state index contributed by atoms with van der Waals surface area (Å²) in [5.74, 6) is -0.265. The lowest BCUT2D eigenvalue weighted by Crippen LogP contribution is -1.97. The van der Waals surface area contributed by atoms with Crippen molar-refractivity contribution in [1.29, 1.82) is 0 Å². The van der Waals surface area contributed by atoms with E-state index < -0.39 is 5.97 Å². The third-order valence-electron chi connectivity index (χ3n) is 2.84. The largest absolute Gasteiger partial charge is 0.493 e. The van der Waals surface area contributed by atoms with Crippen molar-refractivity contribution in [2.45, 2.75) is 6.92 Å². The summed E-state index contributed by atoms with van der Waals surface area (Å²) in [5, 5.41) is 12.6. The standard InChI is InChI=1S/C13H12BrNO5/c1-6-7(9-5-10(13(16)17)20-15-9)4-8(14)12(19-3)11(6)18-2/h4-5H,1-3H3,(H,16,17). The van der Waals surface area contributed by atoms with Crippen LogP contribution >= 0.6 is 15.9 Å². The van der Waals surface area contributed by atoms with Gasteiger partial charge in [0, 0.05) is 17.2 Å². The molecule has 0 bridgehead atoms. The molecule has 0 fully saturated rings. The molecule has 106 valence electrons. The second kappa shape index (κ2) is 5.54. The average molecular weight is 342 g/mol. The molecule has 20 heavy (non-hydrogen) atoms. The van der Waals surface area contributed by atoms with Crippen LogP contribution < -0.4 is 9.47 Å². The molecule has 7 heteroatoms. The molecule has 0 saturated heterocycles. The number of rotatable bonds is 4. The Morgan fingerprint density at radius 2 is 1.95 bits per heavy atom. The van der Waals surface area contributed by atoms with Crippen LogP contribution in [0.25, 0.3) is 11.3 Å². The van der Waals surface area contributed by atoms with Gasteiger partial charge in [0.25, 0.3) is 0 Å². The molecule has 1 aromatic carbocycles. The number of aromatic carboxylic acids is 1. The Balaban J connectivity index is 2.62. The lowest BCUT2D eigenvalue weighted by molar-refractivity contribution is 0.0652. The number of halogens is 1. The Morgan fingerprint density at radius 1 is 1.30 bits per heavy atom. The summed E-state index contributed by atoms with van der Waals surface area (Å²) in [6, 6.07) is 3.14. The Morgan fingerprint density at radius 3 is 2.45 bits per heavy atom. The molecular weight excluding hydrogens is 330 g/mol. The summed E-state index contributed by atoms with van der Waals surface area (Å²) in [5.41, 5.74) is 1.89. The van der Waals surface area contributed by atoms with Gasteiger partial charge in [-0.05, 0) is 28.9 Å². The van der Waals surface area contributed by atoms with Crippen molar-refractivity contribution in [2.75, 3.05) is 14.2 Å². The molecule has 1 N–H and O–H groups in total. The van der Waals surface area contributed by atoms with Crippen LogP contribution in [0.15, 0.2) is 21.1 Å². The van der Waals surface area contributed by atoms with Gasteiger partial charge in [-0.25, -0.2) is 4.79 Å². The van der Waals surface area contributed by atoms with Gasteiger partial charge in [0.05, 0.1) is 18.7 Å². The van der Waals surface area contributed by atoms with Crippen molar-refractivity contribution in [2.24, 2.45) is 0 Å². The predicted molar refractivity (Wildman–Crippen MR) is 74.4 cm³/mol. The summed E-state index contributed by atoms with van der Waals surface area (Å²) in [7, 11) is 3.08. The molecule has 0 unspecified atom stereocenters. The molecule has 2 aromatic rings. The van der Waals surface area contributed by atoms with Crippen LogP contribution in [-0.2, 0) is 0 Å². The van der Waals surface area contributed by atoms with Crippen LogP contribution in [0.2, 0.25) is 0 Å². The second-order valence-electron chi connectivity index (χ2n) is 3.98. The first-order valence-electron chi connectivity index (χ1n) is 5.61. The molecule has 6 nitrogen and oxygen atoms in total. The highest BCUT2D eigenvalue weighted by Crippen LogP contribution is 2.42. The van der Waals surface area contributed by atoms with Crippen LogP contribution in [0, 0.1) is 6.92 Å². The summed E-state index contributed by atoms with van der Waals surface area (Å²) >= 11 is 3.39. The fourth-order valence-electron chi connectivity index (χ4n) is 1.91. The average Bonchev–Trinajstić information content (AvgIpc) is 2.90. The quantitative estimate of drug-likeness (QED) is 0.919. The SMILES string of the molecule is COc1c(Br)cc(-c2cc(C(=O)O)on2)c(C)c1OC. The summed E-state index contributed by atoms with van der Waals surface area (Å²) in [4.78, 5) is 10.8. The number of hydrogen-bond acceptors (Lipinski definition) is 5. The molecule has 0 atom stereocenters. The van der Waals surface area contributed by atoms with Crippen LogP contribution in [0.4, 0.5) is 0 Å². The van der Waals surface area contributed by atoms with E-state index in [-0.39, 0.29) is 5.76 Å². The number of ether oxygens (including phenoxy) is 2. The zero-order valence-electron chi connectivity index (χ0n) is 11.1. The zero-order valence-corrected chi connectivity index (χ0v) is 12.6. The van der Waals surface area contributed by atoms with Gasteiger partial charge in [0.15, 0.2) is 11.5 Å². The fourth-order valence-corrected chi connectivity index (χ4v) is 2.48. The maximum Gasteiger partial charge on any atom is 0.374 e. The van der Waals surface area contributed by atoms with Gasteiger partial charge in [-0.2, -0.15) is 0 Å². The van der Waals surface area contributed by atoms with Crippen molar-refractivity contribution in [3.8, 4) is 22.8 Å². The van der Waals surface area contributed by atoms with Gasteiger partial charge in [-0.3, -0.25) is 0 Å². The van der Waals surface area contributed by atoms with Crippen molar-refractivity contribution in [1.82, 2.24) is 5.16 Å². The number of carboxylic acid groups (broad SMARTS) is 1. The van der Waals surface area contributed by atoms with Crippen molar-refractivity contribution >= 4 is 21.9 Å². The van der Waals surface area contributed by atoms with E-state index in [4.69, 9.17) is 19.1 Å². The van der Waals surface area contributed by atoms with Gasteiger partial charge < -0.3 is 19.1 Å². The topological polar surface area (TPSA) is 81.8 Å². The highest BCUT2D eigenvalue weighted by atomic mass is 79.9. The Hall–Kier alpha value is -2.02. The maximum atomic E-state index is 10.8. The minimum atomic E-state index is -1.17. The number of carboxylic acids is 1. The van der Waals surface area contributed by atoms with E-state index in [1.807, 2.05) is 6.92 Å². The summed E-state index contributed by atoms with van der Waals surface area (Å²) < 4.78 is 16.1. The lowest BCUT2D eigenvalue weighted by Gasteiger charge is -2.14. The molecule has 1 heterocycles. The first kappa shape index (κ1) is 14.4. The smallest absolute Gasteiger partial charge is 0.374 e. The van der Waals surface area contributed by atoms with E-state index in [1.54, 1.807) is 13.2 Å². The van der Waals surface area contributed by atoms with E-state index in [1.165, 1.54) is 13.2 Å². The van der Waals surface area contributed by atoms with E-state index in [2.05, 4.69) is 21.1 Å². The van der Waals surface area contributed by atoms with Gasteiger partial charge >= 0.3 is 5.97 Å². The molecule has 0 saturated carbocycles. The van der Waals surface area contributed by atoms with Crippen LogP contribution in [0.5, 0.6) is 11.5 Å². The Labute approximate surface area is 123 Å². The number of aromatic nitrogens is 1. The van der Waals surface area contributed by atoms with Gasteiger partial charge in [0.1, 0.15) is 5.69 Å². The molecule has 0 amide bonds. The second-order valence-corrected chi connectivity index (χ2v) is 4.83. The number of nitrogens with zero attached hydrogens (tertiary/aromatic N) is 1. The van der Waals surface area contributed by atoms with Crippen molar-refractivity contribution < 1.29 is 23.9 Å². The molecule has 0 aliphatic heterocycles. The Kier molecular flexibility index (Phi) is 3.99. The highest BCUT2D eigenvalue weighted by molar-refractivity contribution is 9.10. The lowest BCUT2D eigenvalue weighted by atomic mass is 10.0. The number of methoxy groups -OCH3 is 2. The molecule has 0 aliphatic rings. The first-order chi connectivity index (χ1) is 9.49. The minimum Gasteiger partial charge on any atom is -0.493 e. The molecule has 0 radical (unpaired) electrons. The fraction of sp³-hybridized carbons (Fsp3) is 0.231. The van der Waals surface area contributed by atoms with E-state index in [0.29, 0.717) is 27.2 Å². The molecule has 1 aromatic heterocycles. The van der Waals surface area contributed by atoms with Gasteiger partial charge in [-0.1, -0.05) is 5.16 Å². The van der Waals surface area contributed by atoms with Crippen molar-refractivity contribution in [3.63, 3.8) is 0 Å². The molecule has 0 spiro atoms. The summed E-state index contributed by atoms with van der Waals surface area (Å²) in [6.45, 7) is 1.83. The number of hydrogen-bond donors (Lipinski definition) is 1. The zero-order chi connectivity index (χ0) is 14.9. The highest BCUT2D eigenvalue weighted by Gasteiger charge is 2.20. The van der Waals surface area contributed by atoms with Crippen LogP contribution in [0.1, 0.15) is 16.1 Å². The molecule has 2 rings (SSSR count).